The molecule has 0 unspecified atom stereocenters. The van der Waals surface area contributed by atoms with Crippen LogP contribution in [-0.4, -0.2) is 0 Å². The first-order chi connectivity index (χ1) is 6.10. The molecule has 0 aromatic carbocycles. The Morgan fingerprint density at radius 2 is 1.77 bits per heavy atom. The van der Waals surface area contributed by atoms with Gasteiger partial charge in [-0.1, -0.05) is 34.1 Å². The van der Waals surface area contributed by atoms with E-state index in [0.29, 0.717) is 5.92 Å². The van der Waals surface area contributed by atoms with E-state index in [2.05, 4.69) is 33.8 Å². The monoisotopic (exact) mass is 182 g/mol. The first-order valence-electron chi connectivity index (χ1n) is 5.15. The fraction of sp³-hybridized carbons (Fsp3) is 0.667. The van der Waals surface area contributed by atoms with E-state index in [1.165, 1.54) is 6.42 Å². The van der Waals surface area contributed by atoms with E-state index in [4.69, 9.17) is 4.42 Å². The lowest BCUT2D eigenvalue weighted by molar-refractivity contribution is 0.453. The highest BCUT2D eigenvalue weighted by Gasteiger charge is 2.00. The van der Waals surface area contributed by atoms with Crippen LogP contribution in [0.5, 0.6) is 0 Å². The minimum atomic E-state index is 0.686. The Bertz CT molecular complexity index is 211. The van der Waals surface area contributed by atoms with E-state index < -0.39 is 0 Å². The zero-order valence-corrected chi connectivity index (χ0v) is 9.55. The maximum atomic E-state index is 5.39. The molecular weight excluding hydrogens is 160 g/mol. The van der Waals surface area contributed by atoms with Gasteiger partial charge in [0.15, 0.2) is 0 Å². The second kappa shape index (κ2) is 6.76. The summed E-state index contributed by atoms with van der Waals surface area (Å²) in [6.07, 6.45) is 2.30. The number of hydrogen-bond donors (Lipinski definition) is 0. The summed E-state index contributed by atoms with van der Waals surface area (Å²) in [5.41, 5.74) is 0. The van der Waals surface area contributed by atoms with Crippen LogP contribution < -0.4 is 0 Å². The molecule has 0 fully saturated rings. The van der Waals surface area contributed by atoms with Crippen LogP contribution >= 0.6 is 0 Å². The number of rotatable bonds is 2. The average molecular weight is 182 g/mol. The Morgan fingerprint density at radius 3 is 2.08 bits per heavy atom. The molecule has 0 saturated heterocycles. The second-order valence-corrected chi connectivity index (χ2v) is 3.82. The van der Waals surface area contributed by atoms with E-state index in [-0.39, 0.29) is 0 Å². The molecule has 76 valence electrons. The third-order valence-corrected chi connectivity index (χ3v) is 1.41. The van der Waals surface area contributed by atoms with Crippen LogP contribution in [0.1, 0.15) is 45.6 Å². The molecule has 1 heterocycles. The molecule has 0 atom stereocenters. The van der Waals surface area contributed by atoms with Gasteiger partial charge in [0.2, 0.25) is 0 Å². The third kappa shape index (κ3) is 6.44. The Balaban J connectivity index is 0.000000424. The molecule has 0 radical (unpaired) electrons. The fourth-order valence-electron chi connectivity index (χ4n) is 0.997. The molecule has 0 N–H and O–H groups in total. The molecule has 0 bridgehead atoms. The number of furan rings is 1. The summed E-state index contributed by atoms with van der Waals surface area (Å²) >= 11 is 0. The van der Waals surface area contributed by atoms with Gasteiger partial charge in [0.05, 0.1) is 0 Å². The van der Waals surface area contributed by atoms with Crippen molar-refractivity contribution >= 4 is 0 Å². The van der Waals surface area contributed by atoms with E-state index in [1.54, 1.807) is 0 Å². The molecule has 1 nitrogen and oxygen atoms in total. The van der Waals surface area contributed by atoms with Gasteiger partial charge in [0.25, 0.3) is 0 Å². The van der Waals surface area contributed by atoms with Crippen LogP contribution in [0.2, 0.25) is 0 Å². The molecule has 0 amide bonds. The Labute approximate surface area is 82.2 Å². The molecule has 1 aromatic rings. The molecule has 1 aromatic heterocycles. The quantitative estimate of drug-likeness (QED) is 0.668. The zero-order valence-electron chi connectivity index (χ0n) is 9.55. The molecule has 1 heteroatoms. The largest absolute Gasteiger partial charge is 0.466 e. The van der Waals surface area contributed by atoms with E-state index in [1.807, 2.05) is 13.0 Å². The van der Waals surface area contributed by atoms with Gasteiger partial charge in [-0.05, 0) is 25.0 Å². The molecule has 0 spiro atoms. The highest BCUT2D eigenvalue weighted by molar-refractivity contribution is 5.05. The summed E-state index contributed by atoms with van der Waals surface area (Å²) in [4.78, 5) is 0. The Morgan fingerprint density at radius 1 is 1.23 bits per heavy atom. The predicted octanol–water partition coefficient (Wildman–Crippen LogP) is 4.20. The van der Waals surface area contributed by atoms with Crippen LogP contribution in [0.15, 0.2) is 16.5 Å². The van der Waals surface area contributed by atoms with Gasteiger partial charge in [-0.3, -0.25) is 0 Å². The maximum absolute atomic E-state index is 5.39. The Kier molecular flexibility index (Phi) is 6.38. The van der Waals surface area contributed by atoms with E-state index in [9.17, 15) is 0 Å². The van der Waals surface area contributed by atoms with E-state index >= 15 is 0 Å². The van der Waals surface area contributed by atoms with Crippen molar-refractivity contribution < 1.29 is 4.42 Å². The van der Waals surface area contributed by atoms with Crippen molar-refractivity contribution in [3.05, 3.63) is 23.7 Å². The van der Waals surface area contributed by atoms with Crippen molar-refractivity contribution in [1.29, 1.82) is 0 Å². The number of aryl methyl sites for hydroxylation is 1. The van der Waals surface area contributed by atoms with Crippen molar-refractivity contribution in [2.75, 3.05) is 0 Å². The van der Waals surface area contributed by atoms with Gasteiger partial charge in [-0.25, -0.2) is 0 Å². The molecule has 0 aliphatic carbocycles. The average Bonchev–Trinajstić information content (AvgIpc) is 2.35. The minimum Gasteiger partial charge on any atom is -0.466 e. The van der Waals surface area contributed by atoms with Crippen molar-refractivity contribution in [1.82, 2.24) is 0 Å². The van der Waals surface area contributed by atoms with Crippen LogP contribution in [0.4, 0.5) is 0 Å². The summed E-state index contributed by atoms with van der Waals surface area (Å²) in [7, 11) is 0. The molecule has 1 rings (SSSR count). The van der Waals surface area contributed by atoms with Gasteiger partial charge in [0, 0.05) is 6.42 Å². The smallest absolute Gasteiger partial charge is 0.104 e. The summed E-state index contributed by atoms with van der Waals surface area (Å²) in [5.74, 6) is 2.80. The zero-order chi connectivity index (χ0) is 10.3. The normalized spacial score (nSPS) is 9.69. The van der Waals surface area contributed by atoms with E-state index in [0.717, 1.165) is 17.9 Å². The lowest BCUT2D eigenvalue weighted by Crippen LogP contribution is -1.90. The van der Waals surface area contributed by atoms with Crippen LogP contribution in [0.3, 0.4) is 0 Å². The molecular formula is C12H22O. The first-order valence-corrected chi connectivity index (χ1v) is 5.15. The summed E-state index contributed by atoms with van der Waals surface area (Å²) in [6.45, 7) is 10.6. The highest BCUT2D eigenvalue weighted by Crippen LogP contribution is 2.10. The lowest BCUT2D eigenvalue weighted by atomic mass is 10.1. The summed E-state index contributed by atoms with van der Waals surface area (Å²) in [6, 6.07) is 4.06. The molecule has 13 heavy (non-hydrogen) atoms. The highest BCUT2D eigenvalue weighted by atomic mass is 16.3. The minimum absolute atomic E-state index is 0.686. The molecule has 0 saturated carbocycles. The van der Waals surface area contributed by atoms with Crippen molar-refractivity contribution in [3.63, 3.8) is 0 Å². The number of hydrogen-bond acceptors (Lipinski definition) is 1. The predicted molar refractivity (Wildman–Crippen MR) is 58.0 cm³/mol. The Hall–Kier alpha value is -0.720. The molecule has 0 aliphatic rings. The third-order valence-electron chi connectivity index (χ3n) is 1.41. The summed E-state index contributed by atoms with van der Waals surface area (Å²) in [5, 5.41) is 0. The molecule has 0 aliphatic heterocycles. The van der Waals surface area contributed by atoms with Gasteiger partial charge in [0.1, 0.15) is 11.5 Å². The van der Waals surface area contributed by atoms with Gasteiger partial charge >= 0.3 is 0 Å². The standard InChI is InChI=1S/C9H14O.C3H8/c1-7(2)6-9-5-4-8(3)10-9;1-3-2/h4-5,7H,6H2,1-3H3;3H2,1-2H3. The van der Waals surface area contributed by atoms with Crippen molar-refractivity contribution in [3.8, 4) is 0 Å². The van der Waals surface area contributed by atoms with Crippen LogP contribution in [0.25, 0.3) is 0 Å². The maximum Gasteiger partial charge on any atom is 0.104 e. The van der Waals surface area contributed by atoms with Crippen molar-refractivity contribution in [2.45, 2.75) is 47.5 Å². The lowest BCUT2D eigenvalue weighted by Gasteiger charge is -1.98. The van der Waals surface area contributed by atoms with Gasteiger partial charge < -0.3 is 4.42 Å². The fourth-order valence-corrected chi connectivity index (χ4v) is 0.997. The SMILES string of the molecule is CCC.Cc1ccc(CC(C)C)o1. The van der Waals surface area contributed by atoms with Crippen LogP contribution in [-0.2, 0) is 6.42 Å². The topological polar surface area (TPSA) is 13.1 Å². The van der Waals surface area contributed by atoms with Crippen LogP contribution in [0, 0.1) is 12.8 Å². The second-order valence-electron chi connectivity index (χ2n) is 3.82. The first kappa shape index (κ1) is 12.3. The van der Waals surface area contributed by atoms with Gasteiger partial charge in [-0.2, -0.15) is 0 Å². The van der Waals surface area contributed by atoms with Crippen molar-refractivity contribution in [2.24, 2.45) is 5.92 Å². The summed E-state index contributed by atoms with van der Waals surface area (Å²) < 4.78 is 5.39. The van der Waals surface area contributed by atoms with Gasteiger partial charge in [-0.15, -0.1) is 0 Å².